The van der Waals surface area contributed by atoms with Crippen LogP contribution in [-0.2, 0) is 16.0 Å². The molecule has 0 aliphatic heterocycles. The van der Waals surface area contributed by atoms with E-state index in [0.717, 1.165) is 17.5 Å². The molecule has 1 atom stereocenters. The van der Waals surface area contributed by atoms with Crippen LogP contribution < -0.4 is 0 Å². The van der Waals surface area contributed by atoms with E-state index in [1.165, 1.54) is 0 Å². The van der Waals surface area contributed by atoms with Crippen LogP contribution in [0.5, 0.6) is 0 Å². The van der Waals surface area contributed by atoms with Gasteiger partial charge in [0.15, 0.2) is 6.10 Å². The number of ether oxygens (including phenoxy) is 1. The van der Waals surface area contributed by atoms with E-state index in [0.29, 0.717) is 13.0 Å². The summed E-state index contributed by atoms with van der Waals surface area (Å²) in [4.78, 5) is 11.0. The number of hydrogen-bond acceptors (Lipinski definition) is 2. The first-order chi connectivity index (χ1) is 7.63. The van der Waals surface area contributed by atoms with Crippen LogP contribution >= 0.6 is 0 Å². The van der Waals surface area contributed by atoms with Gasteiger partial charge in [-0.25, -0.2) is 4.79 Å². The summed E-state index contributed by atoms with van der Waals surface area (Å²) >= 11 is 0. The van der Waals surface area contributed by atoms with E-state index in [4.69, 9.17) is 9.84 Å². The predicted molar refractivity (Wildman–Crippen MR) is 62.5 cm³/mol. The Hall–Kier alpha value is -1.35. The molecule has 0 bridgehead atoms. The standard InChI is InChI=1S/C13H18O3/c1-3-7-16-12(13(14)15)9-11-6-4-5-10(2)8-11/h4-6,8,12H,3,7,9H2,1-2H3,(H,14,15)/t12-/m0/s1. The molecule has 1 N–H and O–H groups in total. The van der Waals surface area contributed by atoms with Crippen LogP contribution in [0.25, 0.3) is 0 Å². The maximum absolute atomic E-state index is 11.0. The summed E-state index contributed by atoms with van der Waals surface area (Å²) in [6.45, 7) is 4.44. The molecule has 0 saturated heterocycles. The largest absolute Gasteiger partial charge is 0.479 e. The minimum atomic E-state index is -0.894. The van der Waals surface area contributed by atoms with Gasteiger partial charge in [0.25, 0.3) is 0 Å². The van der Waals surface area contributed by atoms with Crippen molar-refractivity contribution in [2.45, 2.75) is 32.8 Å². The molecule has 0 aromatic heterocycles. The first-order valence-corrected chi connectivity index (χ1v) is 5.53. The number of hydrogen-bond donors (Lipinski definition) is 1. The summed E-state index contributed by atoms with van der Waals surface area (Å²) in [7, 11) is 0. The Morgan fingerprint density at radius 3 is 2.81 bits per heavy atom. The van der Waals surface area contributed by atoms with Crippen molar-refractivity contribution < 1.29 is 14.6 Å². The van der Waals surface area contributed by atoms with E-state index in [9.17, 15) is 4.79 Å². The van der Waals surface area contributed by atoms with E-state index in [1.807, 2.05) is 38.1 Å². The van der Waals surface area contributed by atoms with Gasteiger partial charge >= 0.3 is 5.97 Å². The van der Waals surface area contributed by atoms with Gasteiger partial charge in [-0.1, -0.05) is 36.8 Å². The summed E-state index contributed by atoms with van der Waals surface area (Å²) in [5, 5.41) is 9.01. The second-order valence-corrected chi connectivity index (χ2v) is 3.89. The monoisotopic (exact) mass is 222 g/mol. The Kier molecular flexibility index (Phi) is 4.99. The lowest BCUT2D eigenvalue weighted by Crippen LogP contribution is -2.26. The molecule has 88 valence electrons. The van der Waals surface area contributed by atoms with Crippen molar-refractivity contribution in [1.29, 1.82) is 0 Å². The number of carbonyl (C=O) groups is 1. The van der Waals surface area contributed by atoms with Crippen LogP contribution in [0.2, 0.25) is 0 Å². The Balaban J connectivity index is 2.64. The van der Waals surface area contributed by atoms with Gasteiger partial charge in [-0.3, -0.25) is 0 Å². The minimum absolute atomic E-state index is 0.428. The number of aryl methyl sites for hydroxylation is 1. The Labute approximate surface area is 96.1 Å². The van der Waals surface area contributed by atoms with Crippen molar-refractivity contribution >= 4 is 5.97 Å². The molecule has 1 aromatic rings. The topological polar surface area (TPSA) is 46.5 Å². The second-order valence-electron chi connectivity index (χ2n) is 3.89. The first kappa shape index (κ1) is 12.7. The van der Waals surface area contributed by atoms with E-state index in [1.54, 1.807) is 0 Å². The number of carboxylic acids is 1. The summed E-state index contributed by atoms with van der Waals surface area (Å²) in [5.74, 6) is -0.894. The molecular formula is C13H18O3. The molecule has 0 spiro atoms. The fourth-order valence-corrected chi connectivity index (χ4v) is 1.53. The average molecular weight is 222 g/mol. The third-order valence-electron chi connectivity index (χ3n) is 2.30. The van der Waals surface area contributed by atoms with Crippen molar-refractivity contribution in [2.24, 2.45) is 0 Å². The Morgan fingerprint density at radius 2 is 2.25 bits per heavy atom. The van der Waals surface area contributed by atoms with Gasteiger partial charge in [0.05, 0.1) is 0 Å². The first-order valence-electron chi connectivity index (χ1n) is 5.53. The highest BCUT2D eigenvalue weighted by atomic mass is 16.5. The van der Waals surface area contributed by atoms with Crippen LogP contribution in [0.4, 0.5) is 0 Å². The fraction of sp³-hybridized carbons (Fsp3) is 0.462. The summed E-state index contributed by atoms with van der Waals surface area (Å²) in [6, 6.07) is 7.85. The molecule has 3 heteroatoms. The molecule has 0 amide bonds. The zero-order chi connectivity index (χ0) is 12.0. The third kappa shape index (κ3) is 4.03. The van der Waals surface area contributed by atoms with E-state index < -0.39 is 12.1 Å². The van der Waals surface area contributed by atoms with E-state index >= 15 is 0 Å². The zero-order valence-electron chi connectivity index (χ0n) is 9.77. The van der Waals surface area contributed by atoms with Crippen molar-refractivity contribution in [3.8, 4) is 0 Å². The second kappa shape index (κ2) is 6.28. The zero-order valence-corrected chi connectivity index (χ0v) is 9.77. The number of carboxylic acid groups (broad SMARTS) is 1. The molecule has 0 heterocycles. The number of rotatable bonds is 6. The van der Waals surface area contributed by atoms with Gasteiger partial charge in [0.2, 0.25) is 0 Å². The maximum atomic E-state index is 11.0. The summed E-state index contributed by atoms with van der Waals surface area (Å²) in [6.07, 6.45) is 0.524. The van der Waals surface area contributed by atoms with Crippen LogP contribution in [-0.4, -0.2) is 23.8 Å². The molecule has 0 aliphatic rings. The summed E-state index contributed by atoms with van der Waals surface area (Å²) in [5.41, 5.74) is 2.14. The maximum Gasteiger partial charge on any atom is 0.333 e. The molecular weight excluding hydrogens is 204 g/mol. The van der Waals surface area contributed by atoms with Crippen molar-refractivity contribution in [3.63, 3.8) is 0 Å². The lowest BCUT2D eigenvalue weighted by molar-refractivity contribution is -0.150. The van der Waals surface area contributed by atoms with Gasteiger partial charge in [-0.2, -0.15) is 0 Å². The van der Waals surface area contributed by atoms with Gasteiger partial charge in [-0.15, -0.1) is 0 Å². The SMILES string of the molecule is CCCO[C@@H](Cc1cccc(C)c1)C(=O)O. The van der Waals surface area contributed by atoms with Crippen LogP contribution in [0.1, 0.15) is 24.5 Å². The van der Waals surface area contributed by atoms with E-state index in [-0.39, 0.29) is 0 Å². The van der Waals surface area contributed by atoms with Crippen molar-refractivity contribution in [2.75, 3.05) is 6.61 Å². The fourth-order valence-electron chi connectivity index (χ4n) is 1.53. The molecule has 0 unspecified atom stereocenters. The van der Waals surface area contributed by atoms with Crippen molar-refractivity contribution in [3.05, 3.63) is 35.4 Å². The Bertz CT molecular complexity index is 347. The number of aliphatic carboxylic acids is 1. The third-order valence-corrected chi connectivity index (χ3v) is 2.30. The molecule has 0 saturated carbocycles. The summed E-state index contributed by atoms with van der Waals surface area (Å²) < 4.78 is 5.30. The lowest BCUT2D eigenvalue weighted by atomic mass is 10.1. The smallest absolute Gasteiger partial charge is 0.333 e. The molecule has 1 aromatic carbocycles. The predicted octanol–water partition coefficient (Wildman–Crippen LogP) is 2.42. The highest BCUT2D eigenvalue weighted by Gasteiger charge is 2.18. The highest BCUT2D eigenvalue weighted by molar-refractivity contribution is 5.72. The van der Waals surface area contributed by atoms with E-state index in [2.05, 4.69) is 0 Å². The molecule has 1 rings (SSSR count). The van der Waals surface area contributed by atoms with Gasteiger partial charge < -0.3 is 9.84 Å². The van der Waals surface area contributed by atoms with Crippen LogP contribution in [0, 0.1) is 6.92 Å². The van der Waals surface area contributed by atoms with Gasteiger partial charge in [0, 0.05) is 13.0 Å². The molecule has 0 fully saturated rings. The molecule has 0 radical (unpaired) electrons. The van der Waals surface area contributed by atoms with Gasteiger partial charge in [0.1, 0.15) is 0 Å². The molecule has 16 heavy (non-hydrogen) atoms. The minimum Gasteiger partial charge on any atom is -0.479 e. The quantitative estimate of drug-likeness (QED) is 0.804. The average Bonchev–Trinajstić information content (AvgIpc) is 2.24. The normalized spacial score (nSPS) is 12.4. The Morgan fingerprint density at radius 1 is 1.50 bits per heavy atom. The van der Waals surface area contributed by atoms with Gasteiger partial charge in [-0.05, 0) is 18.9 Å². The molecule has 3 nitrogen and oxygen atoms in total. The van der Waals surface area contributed by atoms with Crippen LogP contribution in [0.15, 0.2) is 24.3 Å². The van der Waals surface area contributed by atoms with Crippen molar-refractivity contribution in [1.82, 2.24) is 0 Å². The van der Waals surface area contributed by atoms with Crippen LogP contribution in [0.3, 0.4) is 0 Å². The number of benzene rings is 1. The molecule has 0 aliphatic carbocycles. The lowest BCUT2D eigenvalue weighted by Gasteiger charge is -2.13. The highest BCUT2D eigenvalue weighted by Crippen LogP contribution is 2.09.